The number of hydrogen-bond acceptors (Lipinski definition) is 10. The van der Waals surface area contributed by atoms with Gasteiger partial charge in [0.2, 0.25) is 11.8 Å². The molecule has 0 bridgehead atoms. The van der Waals surface area contributed by atoms with Crippen LogP contribution in [0.5, 0.6) is 11.5 Å². The standard InChI is InChI=1S/C55H88N4O10/c1-3-5-18-26-50(68-44-34-30-42(31-35-44)40-46(56)54(64)65)48(60)24-20-14-10-7-8-12-16-22-28-52(62)58-38-39-59-53(63)29-23-17-13-9-11-15-21-25-49(61)51(27-19-6-4-2)69-45-36-32-43(33-37-45)41-47(57)55(66)67/h14,20-21,25,30-37,46-51,60-61H,3-13,15-19,22-24,26-29,38-41,56-57H2,1-2H3,(H,58,62)(H,59,63)(H,64,65)(H,66,67)/b20-14+,25-21+. The summed E-state index contributed by atoms with van der Waals surface area (Å²) in [6, 6.07) is 12.5. The summed E-state index contributed by atoms with van der Waals surface area (Å²) in [4.78, 5) is 46.7. The molecular formula is C55H88N4O10. The number of nitrogens with two attached hydrogens (primary N) is 2. The minimum Gasteiger partial charge on any atom is -0.488 e. The van der Waals surface area contributed by atoms with Gasteiger partial charge in [-0.15, -0.1) is 0 Å². The van der Waals surface area contributed by atoms with Crippen molar-refractivity contribution >= 4 is 23.8 Å². The molecule has 0 heterocycles. The number of benzene rings is 2. The van der Waals surface area contributed by atoms with Crippen LogP contribution >= 0.6 is 0 Å². The number of ether oxygens (including phenoxy) is 2. The Morgan fingerprint density at radius 1 is 0.551 bits per heavy atom. The number of hydrogen-bond donors (Lipinski definition) is 8. The number of aliphatic hydroxyl groups is 2. The summed E-state index contributed by atoms with van der Waals surface area (Å²) in [7, 11) is 0. The quantitative estimate of drug-likeness (QED) is 0.0230. The highest BCUT2D eigenvalue weighted by Crippen LogP contribution is 2.22. The molecule has 0 radical (unpaired) electrons. The predicted molar refractivity (Wildman–Crippen MR) is 274 cm³/mol. The third kappa shape index (κ3) is 29.8. The Morgan fingerprint density at radius 2 is 0.971 bits per heavy atom. The van der Waals surface area contributed by atoms with Crippen molar-refractivity contribution in [3.63, 3.8) is 0 Å². The number of allylic oxidation sites excluding steroid dienone is 2. The fraction of sp³-hybridized carbons (Fsp3) is 0.636. The van der Waals surface area contributed by atoms with Gasteiger partial charge in [-0.2, -0.15) is 0 Å². The molecule has 0 fully saturated rings. The molecule has 2 amide bonds. The summed E-state index contributed by atoms with van der Waals surface area (Å²) in [5.74, 6) is -0.795. The molecule has 0 spiro atoms. The lowest BCUT2D eigenvalue weighted by Gasteiger charge is -2.24. The van der Waals surface area contributed by atoms with Gasteiger partial charge in [0.15, 0.2) is 0 Å². The predicted octanol–water partition coefficient (Wildman–Crippen LogP) is 8.87. The molecule has 6 atom stereocenters. The summed E-state index contributed by atoms with van der Waals surface area (Å²) in [5, 5.41) is 45.9. The molecule has 0 aliphatic rings. The van der Waals surface area contributed by atoms with E-state index in [0.717, 1.165) is 140 Å². The van der Waals surface area contributed by atoms with Crippen LogP contribution in [0, 0.1) is 0 Å². The van der Waals surface area contributed by atoms with Gasteiger partial charge in [-0.05, 0) is 119 Å². The van der Waals surface area contributed by atoms with Crippen LogP contribution in [-0.2, 0) is 32.0 Å². The molecule has 2 aromatic carbocycles. The number of carboxylic acid groups (broad SMARTS) is 2. The van der Waals surface area contributed by atoms with Crippen LogP contribution < -0.4 is 31.6 Å². The van der Waals surface area contributed by atoms with Crippen LogP contribution in [0.15, 0.2) is 72.8 Å². The van der Waals surface area contributed by atoms with Crippen LogP contribution in [-0.4, -0.2) is 93.8 Å². The van der Waals surface area contributed by atoms with Gasteiger partial charge >= 0.3 is 11.9 Å². The van der Waals surface area contributed by atoms with Crippen LogP contribution in [0.4, 0.5) is 0 Å². The monoisotopic (exact) mass is 965 g/mol. The third-order valence-electron chi connectivity index (χ3n) is 12.2. The van der Waals surface area contributed by atoms with Crippen molar-refractivity contribution in [1.29, 1.82) is 0 Å². The zero-order valence-electron chi connectivity index (χ0n) is 41.9. The number of aliphatic carboxylic acids is 2. The van der Waals surface area contributed by atoms with Crippen molar-refractivity contribution in [2.75, 3.05) is 13.1 Å². The fourth-order valence-corrected chi connectivity index (χ4v) is 7.86. The smallest absolute Gasteiger partial charge is 0.320 e. The molecule has 69 heavy (non-hydrogen) atoms. The van der Waals surface area contributed by atoms with Crippen LogP contribution in [0.2, 0.25) is 0 Å². The van der Waals surface area contributed by atoms with Gasteiger partial charge in [-0.25, -0.2) is 0 Å². The van der Waals surface area contributed by atoms with Crippen molar-refractivity contribution in [2.45, 2.75) is 211 Å². The average molecular weight is 965 g/mol. The molecule has 6 unspecified atom stereocenters. The number of carboxylic acids is 2. The molecule has 10 N–H and O–H groups in total. The number of carbonyl (C=O) groups is 4. The number of rotatable bonds is 42. The minimum atomic E-state index is -1.04. The maximum Gasteiger partial charge on any atom is 0.320 e. The Balaban J connectivity index is 1.49. The largest absolute Gasteiger partial charge is 0.488 e. The van der Waals surface area contributed by atoms with Crippen molar-refractivity contribution < 1.29 is 49.1 Å². The highest BCUT2D eigenvalue weighted by molar-refractivity contribution is 5.77. The van der Waals surface area contributed by atoms with Crippen LogP contribution in [0.3, 0.4) is 0 Å². The highest BCUT2D eigenvalue weighted by Gasteiger charge is 2.21. The molecule has 388 valence electrons. The van der Waals surface area contributed by atoms with E-state index >= 15 is 0 Å². The van der Waals surface area contributed by atoms with Gasteiger partial charge in [0.05, 0.1) is 6.10 Å². The van der Waals surface area contributed by atoms with Gasteiger partial charge in [0.1, 0.15) is 41.9 Å². The van der Waals surface area contributed by atoms with Gasteiger partial charge in [0, 0.05) is 25.9 Å². The first-order chi connectivity index (χ1) is 33.3. The second-order valence-corrected chi connectivity index (χ2v) is 18.4. The Kier molecular flexibility index (Phi) is 33.3. The molecule has 14 heteroatoms. The molecule has 0 aromatic heterocycles. The zero-order chi connectivity index (χ0) is 50.5. The number of aliphatic hydroxyl groups excluding tert-OH is 2. The Bertz CT molecular complexity index is 1740. The maximum atomic E-state index is 12.3. The lowest BCUT2D eigenvalue weighted by molar-refractivity contribution is -0.139. The van der Waals surface area contributed by atoms with E-state index in [1.807, 2.05) is 42.5 Å². The van der Waals surface area contributed by atoms with Crippen molar-refractivity contribution in [2.24, 2.45) is 11.5 Å². The first-order valence-corrected chi connectivity index (χ1v) is 26.0. The van der Waals surface area contributed by atoms with Gasteiger partial charge < -0.3 is 52.0 Å². The molecular weight excluding hydrogens is 877 g/mol. The molecule has 2 rings (SSSR count). The van der Waals surface area contributed by atoms with E-state index in [0.29, 0.717) is 43.9 Å². The Morgan fingerprint density at radius 3 is 1.43 bits per heavy atom. The first-order valence-electron chi connectivity index (χ1n) is 26.0. The summed E-state index contributed by atoms with van der Waals surface area (Å²) in [6.45, 7) is 5.12. The number of amides is 2. The van der Waals surface area contributed by atoms with E-state index in [9.17, 15) is 29.4 Å². The molecule has 0 saturated heterocycles. The molecule has 0 aliphatic heterocycles. The normalized spacial score (nSPS) is 14.2. The summed E-state index contributed by atoms with van der Waals surface area (Å²) >= 11 is 0. The van der Waals surface area contributed by atoms with E-state index in [1.54, 1.807) is 24.3 Å². The summed E-state index contributed by atoms with van der Waals surface area (Å²) < 4.78 is 12.4. The van der Waals surface area contributed by atoms with Crippen molar-refractivity contribution in [3.8, 4) is 11.5 Å². The first kappa shape index (κ1) is 60.4. The van der Waals surface area contributed by atoms with Crippen LogP contribution in [0.1, 0.15) is 173 Å². The number of unbranched alkanes of at least 4 members (excludes halogenated alkanes) is 14. The minimum absolute atomic E-state index is 0.00318. The molecule has 14 nitrogen and oxygen atoms in total. The Hall–Kier alpha value is -4.76. The van der Waals surface area contributed by atoms with Crippen molar-refractivity contribution in [3.05, 3.63) is 84.0 Å². The lowest BCUT2D eigenvalue weighted by atomic mass is 10.0. The molecule has 2 aromatic rings. The fourth-order valence-electron chi connectivity index (χ4n) is 7.86. The van der Waals surface area contributed by atoms with Gasteiger partial charge in [-0.3, -0.25) is 19.2 Å². The van der Waals surface area contributed by atoms with Crippen LogP contribution in [0.25, 0.3) is 0 Å². The van der Waals surface area contributed by atoms with E-state index in [-0.39, 0.29) is 36.9 Å². The summed E-state index contributed by atoms with van der Waals surface area (Å²) in [5.41, 5.74) is 12.9. The number of carbonyl (C=O) groups excluding carboxylic acids is 2. The second-order valence-electron chi connectivity index (χ2n) is 18.4. The molecule has 0 aliphatic carbocycles. The second kappa shape index (κ2) is 38.0. The lowest BCUT2D eigenvalue weighted by Crippen LogP contribution is -2.34. The van der Waals surface area contributed by atoms with E-state index in [4.69, 9.17) is 31.2 Å². The SMILES string of the molecule is CCCCCC(Oc1ccc(CC(N)C(=O)O)cc1)C(O)/C=C/CCCCCCCC(=O)NCCNC(=O)CCCCCCC/C=C/CC(O)C(CCCCC)Oc1ccc(CC(N)C(=O)O)cc1. The highest BCUT2D eigenvalue weighted by atomic mass is 16.5. The van der Waals surface area contributed by atoms with E-state index < -0.39 is 36.2 Å². The van der Waals surface area contributed by atoms with E-state index in [2.05, 4.69) is 30.6 Å². The maximum absolute atomic E-state index is 12.3. The van der Waals surface area contributed by atoms with Crippen molar-refractivity contribution in [1.82, 2.24) is 10.6 Å². The average Bonchev–Trinajstić information content (AvgIpc) is 3.33. The molecule has 0 saturated carbocycles. The third-order valence-corrected chi connectivity index (χ3v) is 12.2. The van der Waals surface area contributed by atoms with Gasteiger partial charge in [-0.1, -0.05) is 127 Å². The zero-order valence-corrected chi connectivity index (χ0v) is 41.9. The number of nitrogens with one attached hydrogen (secondary N) is 2. The van der Waals surface area contributed by atoms with E-state index in [1.165, 1.54) is 0 Å². The van der Waals surface area contributed by atoms with Gasteiger partial charge in [0.25, 0.3) is 0 Å². The topological polar surface area (TPSA) is 244 Å². The Labute approximate surface area is 413 Å². The summed E-state index contributed by atoms with van der Waals surface area (Å²) in [6.07, 6.45) is 27.1.